The molecular formula is C18H19N3O3. The summed E-state index contributed by atoms with van der Waals surface area (Å²) < 4.78 is 11.6. The number of fused-ring (bicyclic) bond motifs is 2. The maximum absolute atomic E-state index is 12.9. The van der Waals surface area contributed by atoms with Gasteiger partial charge in [0.05, 0.1) is 5.69 Å². The predicted molar refractivity (Wildman–Crippen MR) is 86.0 cm³/mol. The van der Waals surface area contributed by atoms with E-state index in [1.54, 1.807) is 0 Å². The third-order valence-electron chi connectivity index (χ3n) is 5.03. The third-order valence-corrected chi connectivity index (χ3v) is 5.03. The summed E-state index contributed by atoms with van der Waals surface area (Å²) >= 11 is 0. The minimum atomic E-state index is -0.572. The van der Waals surface area contributed by atoms with Crippen LogP contribution in [0.25, 0.3) is 0 Å². The second kappa shape index (κ2) is 5.26. The van der Waals surface area contributed by atoms with Crippen LogP contribution in [-0.4, -0.2) is 40.3 Å². The van der Waals surface area contributed by atoms with Gasteiger partial charge in [-0.25, -0.2) is 0 Å². The Bertz CT molecular complexity index is 797. The van der Waals surface area contributed by atoms with Gasteiger partial charge >= 0.3 is 0 Å². The van der Waals surface area contributed by atoms with Gasteiger partial charge in [-0.3, -0.25) is 9.89 Å². The highest BCUT2D eigenvalue weighted by Gasteiger charge is 2.36. The maximum Gasteiger partial charge on any atom is 0.267 e. The molecule has 1 aliphatic carbocycles. The van der Waals surface area contributed by atoms with Gasteiger partial charge in [-0.05, 0) is 25.0 Å². The van der Waals surface area contributed by atoms with Gasteiger partial charge in [0.15, 0.2) is 11.5 Å². The van der Waals surface area contributed by atoms with Crippen LogP contribution >= 0.6 is 0 Å². The first kappa shape index (κ1) is 13.9. The zero-order valence-electron chi connectivity index (χ0n) is 13.3. The van der Waals surface area contributed by atoms with E-state index in [2.05, 4.69) is 10.2 Å². The number of hydrogen-bond donors (Lipinski definition) is 1. The van der Waals surface area contributed by atoms with E-state index >= 15 is 0 Å². The summed E-state index contributed by atoms with van der Waals surface area (Å²) in [7, 11) is 0. The number of nitrogens with zero attached hydrogens (tertiary/aromatic N) is 2. The van der Waals surface area contributed by atoms with Gasteiger partial charge in [-0.15, -0.1) is 0 Å². The number of amides is 1. The van der Waals surface area contributed by atoms with Gasteiger partial charge in [-0.1, -0.05) is 12.1 Å². The van der Waals surface area contributed by atoms with Crippen LogP contribution in [0.3, 0.4) is 0 Å². The van der Waals surface area contributed by atoms with Crippen LogP contribution < -0.4 is 9.47 Å². The molecule has 0 bridgehead atoms. The van der Waals surface area contributed by atoms with Crippen LogP contribution in [0.4, 0.5) is 0 Å². The SMILES string of the molecule is O=C([C@H]1COc2ccccc2O1)N1CCc2[nH]nc(C3CC3)c2C1. The predicted octanol–water partition coefficient (Wildman–Crippen LogP) is 2.01. The molecule has 0 saturated heterocycles. The Morgan fingerprint density at radius 3 is 2.92 bits per heavy atom. The van der Waals surface area contributed by atoms with Gasteiger partial charge in [-0.2, -0.15) is 5.10 Å². The van der Waals surface area contributed by atoms with Gasteiger partial charge < -0.3 is 14.4 Å². The highest BCUT2D eigenvalue weighted by molar-refractivity contribution is 5.82. The van der Waals surface area contributed by atoms with E-state index in [1.807, 2.05) is 29.2 Å². The molecule has 1 N–H and O–H groups in total. The molecule has 6 heteroatoms. The number of carbonyl (C=O) groups excluding carboxylic acids is 1. The van der Waals surface area contributed by atoms with E-state index < -0.39 is 6.10 Å². The molecule has 124 valence electrons. The quantitative estimate of drug-likeness (QED) is 0.917. The Labute approximate surface area is 139 Å². The molecule has 3 aliphatic rings. The Hall–Kier alpha value is -2.50. The monoisotopic (exact) mass is 325 g/mol. The Kier molecular flexibility index (Phi) is 3.04. The van der Waals surface area contributed by atoms with Gasteiger partial charge in [0, 0.05) is 36.7 Å². The largest absolute Gasteiger partial charge is 0.485 e. The molecule has 1 atom stereocenters. The second-order valence-electron chi connectivity index (χ2n) is 6.71. The summed E-state index contributed by atoms with van der Waals surface area (Å²) in [6, 6.07) is 7.48. The number of carbonyl (C=O) groups is 1. The van der Waals surface area contributed by atoms with Crippen LogP contribution in [0.1, 0.15) is 35.7 Å². The van der Waals surface area contributed by atoms with Gasteiger partial charge in [0.2, 0.25) is 6.10 Å². The van der Waals surface area contributed by atoms with E-state index in [4.69, 9.17) is 9.47 Å². The van der Waals surface area contributed by atoms with Crippen molar-refractivity contribution >= 4 is 5.91 Å². The molecule has 1 aromatic heterocycles. The molecule has 0 unspecified atom stereocenters. The van der Waals surface area contributed by atoms with E-state index in [0.29, 0.717) is 30.5 Å². The molecule has 5 rings (SSSR count). The number of nitrogens with one attached hydrogen (secondary N) is 1. The maximum atomic E-state index is 12.9. The molecule has 3 heterocycles. The van der Waals surface area contributed by atoms with Crippen molar-refractivity contribution in [1.29, 1.82) is 0 Å². The van der Waals surface area contributed by atoms with Gasteiger partial charge in [0.1, 0.15) is 6.61 Å². The molecule has 2 aliphatic heterocycles. The van der Waals surface area contributed by atoms with Gasteiger partial charge in [0.25, 0.3) is 5.91 Å². The number of H-pyrrole nitrogens is 1. The molecule has 0 radical (unpaired) electrons. The lowest BCUT2D eigenvalue weighted by Gasteiger charge is -2.32. The standard InChI is InChI=1S/C18H19N3O3/c22-18(16-10-23-14-3-1-2-4-15(14)24-16)21-8-7-13-12(9-21)17(20-19-13)11-5-6-11/h1-4,11,16H,5-10H2,(H,19,20)/t16-/m1/s1. The van der Waals surface area contributed by atoms with Crippen LogP contribution in [0.2, 0.25) is 0 Å². The molecule has 1 amide bonds. The van der Waals surface area contributed by atoms with Crippen molar-refractivity contribution in [3.63, 3.8) is 0 Å². The minimum Gasteiger partial charge on any atom is -0.485 e. The summed E-state index contributed by atoms with van der Waals surface area (Å²) in [6.45, 7) is 1.58. The van der Waals surface area contributed by atoms with Crippen LogP contribution in [-0.2, 0) is 17.8 Å². The fourth-order valence-electron chi connectivity index (χ4n) is 3.54. The molecule has 1 saturated carbocycles. The first-order valence-electron chi connectivity index (χ1n) is 8.53. The lowest BCUT2D eigenvalue weighted by molar-refractivity contribution is -0.142. The molecule has 0 spiro atoms. The molecular weight excluding hydrogens is 306 g/mol. The minimum absolute atomic E-state index is 0.00176. The molecule has 6 nitrogen and oxygen atoms in total. The van der Waals surface area contributed by atoms with E-state index in [1.165, 1.54) is 24.1 Å². The number of aromatic amines is 1. The topological polar surface area (TPSA) is 67.5 Å². The van der Waals surface area contributed by atoms with Crippen LogP contribution in [0, 0.1) is 0 Å². The van der Waals surface area contributed by atoms with E-state index in [9.17, 15) is 4.79 Å². The van der Waals surface area contributed by atoms with Crippen molar-refractivity contribution in [2.45, 2.75) is 37.8 Å². The zero-order chi connectivity index (χ0) is 16.1. The normalized spacial score (nSPS) is 22.2. The van der Waals surface area contributed by atoms with Crippen molar-refractivity contribution in [2.75, 3.05) is 13.2 Å². The first-order chi connectivity index (χ1) is 11.8. The van der Waals surface area contributed by atoms with Crippen molar-refractivity contribution in [3.8, 4) is 11.5 Å². The molecule has 2 aromatic rings. The van der Waals surface area contributed by atoms with Crippen molar-refractivity contribution in [3.05, 3.63) is 41.2 Å². The van der Waals surface area contributed by atoms with Crippen LogP contribution in [0.15, 0.2) is 24.3 Å². The summed E-state index contributed by atoms with van der Waals surface area (Å²) in [5.74, 6) is 1.93. The van der Waals surface area contributed by atoms with E-state index in [0.717, 1.165) is 12.1 Å². The Balaban J connectivity index is 1.34. The number of hydrogen-bond acceptors (Lipinski definition) is 4. The number of aromatic nitrogens is 2. The summed E-state index contributed by atoms with van der Waals surface area (Å²) in [5, 5.41) is 7.63. The molecule has 24 heavy (non-hydrogen) atoms. The van der Waals surface area contributed by atoms with E-state index in [-0.39, 0.29) is 12.5 Å². The highest BCUT2D eigenvalue weighted by atomic mass is 16.6. The first-order valence-corrected chi connectivity index (χ1v) is 8.53. The van der Waals surface area contributed by atoms with Crippen molar-refractivity contribution < 1.29 is 14.3 Å². The number of benzene rings is 1. The lowest BCUT2D eigenvalue weighted by atomic mass is 10.0. The summed E-state index contributed by atoms with van der Waals surface area (Å²) in [5.41, 5.74) is 3.56. The van der Waals surface area contributed by atoms with Crippen LogP contribution in [0.5, 0.6) is 11.5 Å². The fraction of sp³-hybridized carbons (Fsp3) is 0.444. The second-order valence-corrected chi connectivity index (χ2v) is 6.71. The van der Waals surface area contributed by atoms with Crippen molar-refractivity contribution in [1.82, 2.24) is 15.1 Å². The Morgan fingerprint density at radius 2 is 2.08 bits per heavy atom. The summed E-state index contributed by atoms with van der Waals surface area (Å²) in [6.07, 6.45) is 2.67. The summed E-state index contributed by atoms with van der Waals surface area (Å²) in [4.78, 5) is 14.8. The average molecular weight is 325 g/mol. The molecule has 1 aromatic carbocycles. The number of rotatable bonds is 2. The third kappa shape index (κ3) is 2.25. The highest BCUT2D eigenvalue weighted by Crippen LogP contribution is 2.42. The number of ether oxygens (including phenoxy) is 2. The molecule has 1 fully saturated rings. The fourth-order valence-corrected chi connectivity index (χ4v) is 3.54. The Morgan fingerprint density at radius 1 is 1.25 bits per heavy atom. The average Bonchev–Trinajstić information content (AvgIpc) is 3.39. The lowest BCUT2D eigenvalue weighted by Crippen LogP contribution is -2.48. The van der Waals surface area contributed by atoms with Crippen molar-refractivity contribution in [2.24, 2.45) is 0 Å². The number of para-hydroxylation sites is 2. The zero-order valence-corrected chi connectivity index (χ0v) is 13.3. The smallest absolute Gasteiger partial charge is 0.267 e.